The van der Waals surface area contributed by atoms with E-state index in [2.05, 4.69) is 6.92 Å². The van der Waals surface area contributed by atoms with E-state index in [0.29, 0.717) is 6.04 Å². The second kappa shape index (κ2) is 4.99. The Morgan fingerprint density at radius 3 is 2.93 bits per heavy atom. The van der Waals surface area contributed by atoms with Crippen LogP contribution in [-0.2, 0) is 4.79 Å². The van der Waals surface area contributed by atoms with Crippen LogP contribution in [0.15, 0.2) is 0 Å². The number of carbonyl (C=O) groups excluding carboxylic acids is 1. The number of nitrogens with zero attached hydrogens (tertiary/aromatic N) is 2. The van der Waals surface area contributed by atoms with Gasteiger partial charge in [-0.25, -0.2) is 0 Å². The minimum atomic E-state index is -0.484. The maximum absolute atomic E-state index is 11.8. The Hall–Kier alpha value is -1.04. The van der Waals surface area contributed by atoms with Crippen molar-refractivity contribution < 1.29 is 4.79 Å². The summed E-state index contributed by atoms with van der Waals surface area (Å²) in [7, 11) is 0. The highest BCUT2D eigenvalue weighted by Gasteiger charge is 2.28. The van der Waals surface area contributed by atoms with E-state index < -0.39 is 5.92 Å². The van der Waals surface area contributed by atoms with Gasteiger partial charge in [-0.15, -0.1) is 0 Å². The van der Waals surface area contributed by atoms with Crippen LogP contribution in [0.4, 0.5) is 0 Å². The molecular weight excluding hydrogens is 176 g/mol. The van der Waals surface area contributed by atoms with Gasteiger partial charge in [-0.3, -0.25) is 4.79 Å². The highest BCUT2D eigenvalue weighted by atomic mass is 16.2. The van der Waals surface area contributed by atoms with E-state index >= 15 is 0 Å². The van der Waals surface area contributed by atoms with E-state index in [4.69, 9.17) is 5.26 Å². The van der Waals surface area contributed by atoms with Crippen LogP contribution >= 0.6 is 0 Å². The van der Waals surface area contributed by atoms with Crippen molar-refractivity contribution in [2.45, 2.75) is 45.6 Å². The van der Waals surface area contributed by atoms with Crippen molar-refractivity contribution in [2.24, 2.45) is 5.92 Å². The molecule has 1 fully saturated rings. The van der Waals surface area contributed by atoms with Crippen molar-refractivity contribution in [2.75, 3.05) is 6.54 Å². The number of hydrogen-bond donors (Lipinski definition) is 0. The summed E-state index contributed by atoms with van der Waals surface area (Å²) in [6.07, 6.45) is 4.40. The van der Waals surface area contributed by atoms with E-state index in [1.807, 2.05) is 11.0 Å². The molecule has 0 bridgehead atoms. The minimum absolute atomic E-state index is 0.0130. The van der Waals surface area contributed by atoms with Crippen molar-refractivity contribution in [1.82, 2.24) is 4.90 Å². The molecule has 1 amide bonds. The fourth-order valence-electron chi connectivity index (χ4n) is 2.02. The molecule has 3 nitrogen and oxygen atoms in total. The van der Waals surface area contributed by atoms with Gasteiger partial charge in [-0.2, -0.15) is 5.26 Å². The third kappa shape index (κ3) is 2.25. The predicted molar refractivity (Wildman–Crippen MR) is 54.4 cm³/mol. The highest BCUT2D eigenvalue weighted by Crippen LogP contribution is 2.21. The molecule has 78 valence electrons. The first-order valence-corrected chi connectivity index (χ1v) is 5.40. The number of piperidine rings is 1. The summed E-state index contributed by atoms with van der Waals surface area (Å²) in [5.41, 5.74) is 0. The van der Waals surface area contributed by atoms with E-state index in [1.165, 1.54) is 6.42 Å². The average Bonchev–Trinajstić information content (AvgIpc) is 2.26. The van der Waals surface area contributed by atoms with Crippen LogP contribution in [0.25, 0.3) is 0 Å². The molecule has 0 aliphatic carbocycles. The minimum Gasteiger partial charge on any atom is -0.339 e. The first-order chi connectivity index (χ1) is 6.70. The quantitative estimate of drug-likeness (QED) is 0.674. The van der Waals surface area contributed by atoms with E-state index in [9.17, 15) is 4.79 Å². The fourth-order valence-corrected chi connectivity index (χ4v) is 2.02. The second-order valence-electron chi connectivity index (χ2n) is 3.94. The molecule has 0 aromatic rings. The van der Waals surface area contributed by atoms with E-state index in [0.717, 1.165) is 25.8 Å². The molecule has 1 aliphatic rings. The number of hydrogen-bond acceptors (Lipinski definition) is 2. The van der Waals surface area contributed by atoms with Crippen molar-refractivity contribution in [3.05, 3.63) is 0 Å². The summed E-state index contributed by atoms with van der Waals surface area (Å²) in [4.78, 5) is 13.7. The lowest BCUT2D eigenvalue weighted by Gasteiger charge is -2.35. The van der Waals surface area contributed by atoms with Crippen LogP contribution in [0, 0.1) is 17.2 Å². The third-order valence-corrected chi connectivity index (χ3v) is 2.95. The van der Waals surface area contributed by atoms with Crippen LogP contribution in [0.2, 0.25) is 0 Å². The van der Waals surface area contributed by atoms with Crippen molar-refractivity contribution >= 4 is 5.91 Å². The van der Waals surface area contributed by atoms with Gasteiger partial charge >= 0.3 is 0 Å². The van der Waals surface area contributed by atoms with Gasteiger partial charge in [0.05, 0.1) is 6.07 Å². The van der Waals surface area contributed by atoms with Gasteiger partial charge in [-0.05, 0) is 32.6 Å². The number of likely N-dealkylation sites (tertiary alicyclic amines) is 1. The number of rotatable bonds is 2. The summed E-state index contributed by atoms with van der Waals surface area (Å²) in [5, 5.41) is 8.70. The Kier molecular flexibility index (Phi) is 3.94. The molecule has 14 heavy (non-hydrogen) atoms. The lowest BCUT2D eigenvalue weighted by molar-refractivity contribution is -0.137. The average molecular weight is 194 g/mol. The molecule has 1 aliphatic heterocycles. The van der Waals surface area contributed by atoms with Gasteiger partial charge in [-0.1, -0.05) is 6.92 Å². The normalized spacial score (nSPS) is 24.1. The zero-order chi connectivity index (χ0) is 10.6. The fraction of sp³-hybridized carbons (Fsp3) is 0.818. The van der Waals surface area contributed by atoms with Gasteiger partial charge < -0.3 is 4.90 Å². The molecular formula is C11H18N2O. The van der Waals surface area contributed by atoms with Gasteiger partial charge in [0, 0.05) is 12.6 Å². The molecule has 0 radical (unpaired) electrons. The lowest BCUT2D eigenvalue weighted by Crippen LogP contribution is -2.45. The molecule has 2 atom stereocenters. The van der Waals surface area contributed by atoms with Crippen molar-refractivity contribution in [1.29, 1.82) is 5.26 Å². The van der Waals surface area contributed by atoms with Crippen LogP contribution in [0.5, 0.6) is 0 Å². The van der Waals surface area contributed by atoms with Crippen LogP contribution < -0.4 is 0 Å². The largest absolute Gasteiger partial charge is 0.339 e. The summed E-state index contributed by atoms with van der Waals surface area (Å²) in [5.74, 6) is -0.471. The molecule has 3 heteroatoms. The first kappa shape index (κ1) is 11.0. The zero-order valence-corrected chi connectivity index (χ0v) is 8.99. The molecule has 0 N–H and O–H groups in total. The molecule has 0 saturated carbocycles. The topological polar surface area (TPSA) is 44.1 Å². The molecule has 1 rings (SSSR count). The van der Waals surface area contributed by atoms with Crippen LogP contribution in [0.3, 0.4) is 0 Å². The third-order valence-electron chi connectivity index (χ3n) is 2.95. The maximum atomic E-state index is 11.8. The van der Waals surface area contributed by atoms with Crippen LogP contribution in [-0.4, -0.2) is 23.4 Å². The van der Waals surface area contributed by atoms with Gasteiger partial charge in [0.25, 0.3) is 0 Å². The Bertz CT molecular complexity index is 244. The smallest absolute Gasteiger partial charge is 0.239 e. The van der Waals surface area contributed by atoms with Gasteiger partial charge in [0.1, 0.15) is 5.92 Å². The maximum Gasteiger partial charge on any atom is 0.239 e. The summed E-state index contributed by atoms with van der Waals surface area (Å²) < 4.78 is 0. The van der Waals surface area contributed by atoms with Gasteiger partial charge in [0.15, 0.2) is 0 Å². The zero-order valence-electron chi connectivity index (χ0n) is 8.99. The highest BCUT2D eigenvalue weighted by molar-refractivity contribution is 5.81. The molecule has 0 aromatic heterocycles. The molecule has 1 saturated heterocycles. The lowest BCUT2D eigenvalue weighted by atomic mass is 9.98. The monoisotopic (exact) mass is 194 g/mol. The van der Waals surface area contributed by atoms with Crippen LogP contribution in [0.1, 0.15) is 39.5 Å². The standard InChI is InChI=1S/C11H18N2O/c1-3-10-6-4-5-7-13(10)11(14)9(2)8-12/h9-10H,3-7H2,1-2H3. The Morgan fingerprint density at radius 1 is 1.64 bits per heavy atom. The summed E-state index contributed by atoms with van der Waals surface area (Å²) in [6, 6.07) is 2.38. The summed E-state index contributed by atoms with van der Waals surface area (Å²) >= 11 is 0. The summed E-state index contributed by atoms with van der Waals surface area (Å²) in [6.45, 7) is 4.63. The first-order valence-electron chi connectivity index (χ1n) is 5.40. The van der Waals surface area contributed by atoms with E-state index in [1.54, 1.807) is 6.92 Å². The molecule has 2 unspecified atom stereocenters. The van der Waals surface area contributed by atoms with Gasteiger partial charge in [0.2, 0.25) is 5.91 Å². The number of carbonyl (C=O) groups is 1. The van der Waals surface area contributed by atoms with Crippen molar-refractivity contribution in [3.63, 3.8) is 0 Å². The van der Waals surface area contributed by atoms with Crippen molar-refractivity contribution in [3.8, 4) is 6.07 Å². The van der Waals surface area contributed by atoms with E-state index in [-0.39, 0.29) is 5.91 Å². The SMILES string of the molecule is CCC1CCCCN1C(=O)C(C)C#N. The number of amides is 1. The Balaban J connectivity index is 2.64. The molecule has 1 heterocycles. The predicted octanol–water partition coefficient (Wildman–Crippen LogP) is 1.94. The Labute approximate surface area is 85.7 Å². The number of nitriles is 1. The Morgan fingerprint density at radius 2 is 2.36 bits per heavy atom. The molecule has 0 aromatic carbocycles. The molecule has 0 spiro atoms. The second-order valence-corrected chi connectivity index (χ2v) is 3.94.